The SMILES string of the molecule is CC(Oc1ccc(Cl)cc1Cl)C(=O)OCC(=O)N(C)Cc1ccsc1. The average Bonchev–Trinajstić information content (AvgIpc) is 3.07. The Balaban J connectivity index is 1.81. The largest absolute Gasteiger partial charge is 0.477 e. The van der Waals surface area contributed by atoms with Crippen LogP contribution in [0.25, 0.3) is 0 Å². The third-order valence-corrected chi connectivity index (χ3v) is 4.56. The zero-order valence-corrected chi connectivity index (χ0v) is 16.0. The number of rotatable bonds is 7. The Kier molecular flexibility index (Phi) is 7.11. The van der Waals surface area contributed by atoms with Gasteiger partial charge in [-0.25, -0.2) is 4.79 Å². The van der Waals surface area contributed by atoms with Gasteiger partial charge in [-0.05, 0) is 47.5 Å². The van der Waals surface area contributed by atoms with Crippen LogP contribution in [-0.4, -0.2) is 36.5 Å². The fraction of sp³-hybridized carbons (Fsp3) is 0.294. The first-order valence-corrected chi connectivity index (χ1v) is 9.10. The van der Waals surface area contributed by atoms with E-state index in [0.29, 0.717) is 22.3 Å². The normalized spacial score (nSPS) is 11.7. The highest BCUT2D eigenvalue weighted by molar-refractivity contribution is 7.07. The average molecular weight is 402 g/mol. The number of esters is 1. The van der Waals surface area contributed by atoms with Crippen LogP contribution in [-0.2, 0) is 20.9 Å². The number of thiophene rings is 1. The molecule has 0 aliphatic carbocycles. The molecule has 8 heteroatoms. The molecule has 0 aliphatic heterocycles. The monoisotopic (exact) mass is 401 g/mol. The first-order chi connectivity index (χ1) is 11.9. The van der Waals surface area contributed by atoms with Crippen LogP contribution in [0.4, 0.5) is 0 Å². The summed E-state index contributed by atoms with van der Waals surface area (Å²) in [4.78, 5) is 25.5. The van der Waals surface area contributed by atoms with Crippen molar-refractivity contribution in [2.45, 2.75) is 19.6 Å². The molecular weight excluding hydrogens is 385 g/mol. The van der Waals surface area contributed by atoms with E-state index in [9.17, 15) is 9.59 Å². The fourth-order valence-electron chi connectivity index (χ4n) is 1.91. The highest BCUT2D eigenvalue weighted by Gasteiger charge is 2.20. The topological polar surface area (TPSA) is 55.8 Å². The molecule has 0 saturated carbocycles. The van der Waals surface area contributed by atoms with Gasteiger partial charge in [-0.1, -0.05) is 23.2 Å². The molecular formula is C17H17Cl2NO4S. The van der Waals surface area contributed by atoms with E-state index in [1.807, 2.05) is 16.8 Å². The standard InChI is InChI=1S/C17H17Cl2NO4S/c1-11(24-15-4-3-13(18)7-14(15)19)17(22)23-9-16(21)20(2)8-12-5-6-25-10-12/h3-7,10-11H,8-9H2,1-2H3. The molecule has 0 radical (unpaired) electrons. The lowest BCUT2D eigenvalue weighted by Gasteiger charge is -2.18. The van der Waals surface area contributed by atoms with Crippen molar-refractivity contribution >= 4 is 46.4 Å². The number of nitrogens with zero attached hydrogens (tertiary/aromatic N) is 1. The lowest BCUT2D eigenvalue weighted by atomic mass is 10.3. The van der Waals surface area contributed by atoms with E-state index in [1.54, 1.807) is 30.5 Å². The van der Waals surface area contributed by atoms with Crippen LogP contribution in [0.1, 0.15) is 12.5 Å². The molecule has 0 saturated heterocycles. The summed E-state index contributed by atoms with van der Waals surface area (Å²) < 4.78 is 10.5. The molecule has 1 aromatic carbocycles. The first kappa shape index (κ1) is 19.6. The molecule has 5 nitrogen and oxygen atoms in total. The Bertz CT molecular complexity index is 736. The van der Waals surface area contributed by atoms with Gasteiger partial charge in [0.05, 0.1) is 5.02 Å². The van der Waals surface area contributed by atoms with Gasteiger partial charge < -0.3 is 14.4 Å². The van der Waals surface area contributed by atoms with Crippen LogP contribution < -0.4 is 4.74 Å². The summed E-state index contributed by atoms with van der Waals surface area (Å²) in [5, 5.41) is 4.65. The van der Waals surface area contributed by atoms with Gasteiger partial charge >= 0.3 is 5.97 Å². The van der Waals surface area contributed by atoms with E-state index >= 15 is 0 Å². The number of likely N-dealkylation sites (N-methyl/N-ethyl adjacent to an activating group) is 1. The summed E-state index contributed by atoms with van der Waals surface area (Å²) in [6, 6.07) is 6.61. The van der Waals surface area contributed by atoms with Gasteiger partial charge in [-0.2, -0.15) is 11.3 Å². The Hall–Kier alpha value is -1.76. The predicted octanol–water partition coefficient (Wildman–Crippen LogP) is 4.02. The Morgan fingerprint density at radius 3 is 2.68 bits per heavy atom. The van der Waals surface area contributed by atoms with E-state index in [2.05, 4.69) is 0 Å². The molecule has 2 aromatic rings. The summed E-state index contributed by atoms with van der Waals surface area (Å²) in [7, 11) is 1.65. The molecule has 2 rings (SSSR count). The molecule has 1 atom stereocenters. The summed E-state index contributed by atoms with van der Waals surface area (Å²) >= 11 is 13.4. The molecule has 0 bridgehead atoms. The Morgan fingerprint density at radius 2 is 2.04 bits per heavy atom. The maximum absolute atomic E-state index is 12.0. The van der Waals surface area contributed by atoms with Crippen LogP contribution in [0.2, 0.25) is 10.0 Å². The molecule has 0 aliphatic rings. The van der Waals surface area contributed by atoms with Crippen LogP contribution in [0.15, 0.2) is 35.0 Å². The molecule has 25 heavy (non-hydrogen) atoms. The van der Waals surface area contributed by atoms with Crippen molar-refractivity contribution < 1.29 is 19.1 Å². The third kappa shape index (κ3) is 5.92. The number of hydrogen-bond donors (Lipinski definition) is 0. The van der Waals surface area contributed by atoms with Gasteiger partial charge in [0.15, 0.2) is 12.7 Å². The van der Waals surface area contributed by atoms with Crippen molar-refractivity contribution in [1.29, 1.82) is 0 Å². The summed E-state index contributed by atoms with van der Waals surface area (Å²) in [6.45, 7) is 1.64. The molecule has 1 heterocycles. The van der Waals surface area contributed by atoms with Gasteiger partial charge in [0, 0.05) is 18.6 Å². The number of benzene rings is 1. The molecule has 0 spiro atoms. The molecule has 1 unspecified atom stereocenters. The van der Waals surface area contributed by atoms with Crippen molar-refractivity contribution in [3.05, 3.63) is 50.6 Å². The second-order valence-electron chi connectivity index (χ2n) is 5.32. The zero-order chi connectivity index (χ0) is 18.4. The maximum atomic E-state index is 12.0. The summed E-state index contributed by atoms with van der Waals surface area (Å²) in [5.74, 6) is -0.629. The lowest BCUT2D eigenvalue weighted by molar-refractivity contribution is -0.157. The zero-order valence-electron chi connectivity index (χ0n) is 13.7. The smallest absolute Gasteiger partial charge is 0.347 e. The maximum Gasteiger partial charge on any atom is 0.347 e. The fourth-order valence-corrected chi connectivity index (χ4v) is 3.03. The van der Waals surface area contributed by atoms with E-state index in [-0.39, 0.29) is 12.5 Å². The van der Waals surface area contributed by atoms with E-state index in [0.717, 1.165) is 5.56 Å². The summed E-state index contributed by atoms with van der Waals surface area (Å²) in [5.41, 5.74) is 1.03. The molecule has 1 aromatic heterocycles. The van der Waals surface area contributed by atoms with Crippen LogP contribution in [0, 0.1) is 0 Å². The Morgan fingerprint density at radius 1 is 1.28 bits per heavy atom. The lowest BCUT2D eigenvalue weighted by Crippen LogP contribution is -2.33. The third-order valence-electron chi connectivity index (χ3n) is 3.29. The minimum absolute atomic E-state index is 0.290. The van der Waals surface area contributed by atoms with Crippen LogP contribution >= 0.6 is 34.5 Å². The van der Waals surface area contributed by atoms with Crippen molar-refractivity contribution in [1.82, 2.24) is 4.90 Å². The van der Waals surface area contributed by atoms with Gasteiger partial charge in [-0.15, -0.1) is 0 Å². The number of ether oxygens (including phenoxy) is 2. The van der Waals surface area contributed by atoms with Crippen molar-refractivity contribution in [2.24, 2.45) is 0 Å². The van der Waals surface area contributed by atoms with E-state index < -0.39 is 12.1 Å². The second kappa shape index (κ2) is 9.08. The highest BCUT2D eigenvalue weighted by Crippen LogP contribution is 2.28. The molecule has 0 fully saturated rings. The van der Waals surface area contributed by atoms with Crippen molar-refractivity contribution in [3.63, 3.8) is 0 Å². The van der Waals surface area contributed by atoms with Crippen molar-refractivity contribution in [3.8, 4) is 5.75 Å². The summed E-state index contributed by atoms with van der Waals surface area (Å²) in [6.07, 6.45) is -0.909. The second-order valence-corrected chi connectivity index (χ2v) is 6.95. The van der Waals surface area contributed by atoms with E-state index in [1.165, 1.54) is 17.9 Å². The number of carbonyl (C=O) groups is 2. The van der Waals surface area contributed by atoms with Crippen molar-refractivity contribution in [2.75, 3.05) is 13.7 Å². The Labute approximate surface area is 160 Å². The first-order valence-electron chi connectivity index (χ1n) is 7.40. The minimum Gasteiger partial charge on any atom is -0.477 e. The number of carbonyl (C=O) groups excluding carboxylic acids is 2. The number of hydrogen-bond acceptors (Lipinski definition) is 5. The molecule has 0 N–H and O–H groups in total. The van der Waals surface area contributed by atoms with Crippen LogP contribution in [0.5, 0.6) is 5.75 Å². The van der Waals surface area contributed by atoms with Gasteiger partial charge in [0.25, 0.3) is 5.91 Å². The van der Waals surface area contributed by atoms with Crippen LogP contribution in [0.3, 0.4) is 0 Å². The van der Waals surface area contributed by atoms with Gasteiger partial charge in [-0.3, -0.25) is 4.79 Å². The van der Waals surface area contributed by atoms with Gasteiger partial charge in [0.2, 0.25) is 0 Å². The minimum atomic E-state index is -0.909. The predicted molar refractivity (Wildman–Crippen MR) is 98.3 cm³/mol. The molecule has 134 valence electrons. The number of halogens is 2. The quantitative estimate of drug-likeness (QED) is 0.657. The highest BCUT2D eigenvalue weighted by atomic mass is 35.5. The van der Waals surface area contributed by atoms with E-state index in [4.69, 9.17) is 32.7 Å². The van der Waals surface area contributed by atoms with Gasteiger partial charge in [0.1, 0.15) is 5.75 Å². The number of amides is 1. The molecule has 1 amide bonds.